The van der Waals surface area contributed by atoms with Gasteiger partial charge in [0.15, 0.2) is 18.1 Å². The number of nitrogens with one attached hydrogen (secondary N) is 1. The van der Waals surface area contributed by atoms with Gasteiger partial charge in [0.25, 0.3) is 11.8 Å². The van der Waals surface area contributed by atoms with Gasteiger partial charge in [-0.3, -0.25) is 14.4 Å². The molecule has 0 heterocycles. The lowest BCUT2D eigenvalue weighted by Gasteiger charge is -2.11. The number of amides is 2. The highest BCUT2D eigenvalue weighted by atomic mass is 16.5. The maximum Gasteiger partial charge on any atom is 0.303 e. The number of benzene rings is 1. The van der Waals surface area contributed by atoms with E-state index in [9.17, 15) is 14.4 Å². The summed E-state index contributed by atoms with van der Waals surface area (Å²) in [5.74, 6) is -1.30. The maximum absolute atomic E-state index is 11.9. The van der Waals surface area contributed by atoms with Crippen LogP contribution in [0.2, 0.25) is 0 Å². The van der Waals surface area contributed by atoms with E-state index >= 15 is 0 Å². The standard InChI is InChI=1S/C14H18N2O6/c1-21-11-7-9(4-5-10(11)22-8-12(15)17)14(20)16-6-2-3-13(18)19/h4-5,7H,2-3,6,8H2,1H3,(H2,15,17)(H,16,20)(H,18,19). The van der Waals surface area contributed by atoms with E-state index in [1.54, 1.807) is 0 Å². The first-order valence-electron chi connectivity index (χ1n) is 6.53. The van der Waals surface area contributed by atoms with E-state index < -0.39 is 11.9 Å². The number of hydrogen-bond acceptors (Lipinski definition) is 5. The van der Waals surface area contributed by atoms with Crippen molar-refractivity contribution in [2.75, 3.05) is 20.3 Å². The Balaban J connectivity index is 2.65. The molecule has 0 saturated heterocycles. The van der Waals surface area contributed by atoms with Crippen molar-refractivity contribution in [3.05, 3.63) is 23.8 Å². The topological polar surface area (TPSA) is 128 Å². The lowest BCUT2D eigenvalue weighted by Crippen LogP contribution is -2.25. The van der Waals surface area contributed by atoms with Gasteiger partial charge < -0.3 is 25.6 Å². The molecule has 4 N–H and O–H groups in total. The first-order chi connectivity index (χ1) is 10.4. The molecule has 0 spiro atoms. The Kier molecular flexibility index (Phi) is 6.68. The van der Waals surface area contributed by atoms with Crippen LogP contribution in [0.5, 0.6) is 11.5 Å². The Hall–Kier alpha value is -2.77. The molecule has 0 saturated carbocycles. The number of hydrogen-bond donors (Lipinski definition) is 3. The first kappa shape index (κ1) is 17.3. The molecule has 0 bridgehead atoms. The molecular formula is C14H18N2O6. The van der Waals surface area contributed by atoms with Gasteiger partial charge in [-0.25, -0.2) is 0 Å². The van der Waals surface area contributed by atoms with Crippen molar-refractivity contribution in [2.45, 2.75) is 12.8 Å². The number of ether oxygens (including phenoxy) is 2. The maximum atomic E-state index is 11.9. The molecule has 0 aliphatic carbocycles. The lowest BCUT2D eigenvalue weighted by atomic mass is 10.2. The van der Waals surface area contributed by atoms with Gasteiger partial charge in [-0.2, -0.15) is 0 Å². The van der Waals surface area contributed by atoms with Gasteiger partial charge >= 0.3 is 5.97 Å². The van der Waals surface area contributed by atoms with Gasteiger partial charge in [0.1, 0.15) is 0 Å². The Morgan fingerprint density at radius 2 is 2.00 bits per heavy atom. The Morgan fingerprint density at radius 1 is 1.27 bits per heavy atom. The molecule has 8 nitrogen and oxygen atoms in total. The fourth-order valence-electron chi connectivity index (χ4n) is 1.62. The van der Waals surface area contributed by atoms with E-state index in [4.69, 9.17) is 20.3 Å². The van der Waals surface area contributed by atoms with Crippen molar-refractivity contribution < 1.29 is 29.0 Å². The number of carboxylic acids is 1. The highest BCUT2D eigenvalue weighted by Crippen LogP contribution is 2.27. The van der Waals surface area contributed by atoms with Crippen LogP contribution in [0.15, 0.2) is 18.2 Å². The summed E-state index contributed by atoms with van der Waals surface area (Å²) >= 11 is 0. The highest BCUT2D eigenvalue weighted by molar-refractivity contribution is 5.94. The normalized spacial score (nSPS) is 9.86. The van der Waals surface area contributed by atoms with Crippen LogP contribution in [0.25, 0.3) is 0 Å². The Labute approximate surface area is 127 Å². The van der Waals surface area contributed by atoms with Crippen molar-refractivity contribution in [3.8, 4) is 11.5 Å². The van der Waals surface area contributed by atoms with Gasteiger partial charge in [-0.05, 0) is 24.6 Å². The van der Waals surface area contributed by atoms with Crippen molar-refractivity contribution in [1.29, 1.82) is 0 Å². The summed E-state index contributed by atoms with van der Waals surface area (Å²) in [7, 11) is 1.40. The van der Waals surface area contributed by atoms with Gasteiger partial charge in [0.2, 0.25) is 0 Å². The van der Waals surface area contributed by atoms with Crippen molar-refractivity contribution in [3.63, 3.8) is 0 Å². The largest absolute Gasteiger partial charge is 0.493 e. The quantitative estimate of drug-likeness (QED) is 0.557. The second-order valence-corrected chi connectivity index (χ2v) is 4.37. The number of carbonyl (C=O) groups is 3. The third-order valence-electron chi connectivity index (χ3n) is 2.65. The second kappa shape index (κ2) is 8.50. The van der Waals surface area contributed by atoms with E-state index in [2.05, 4.69) is 5.32 Å². The number of nitrogens with two attached hydrogens (primary N) is 1. The summed E-state index contributed by atoms with van der Waals surface area (Å²) < 4.78 is 10.2. The zero-order chi connectivity index (χ0) is 16.5. The highest BCUT2D eigenvalue weighted by Gasteiger charge is 2.11. The number of rotatable bonds is 9. The summed E-state index contributed by atoms with van der Waals surface area (Å²) in [6.07, 6.45) is 0.335. The van der Waals surface area contributed by atoms with Crippen LogP contribution in [0.1, 0.15) is 23.2 Å². The van der Waals surface area contributed by atoms with Gasteiger partial charge in [-0.15, -0.1) is 0 Å². The van der Waals surface area contributed by atoms with Crippen LogP contribution < -0.4 is 20.5 Å². The molecule has 1 aromatic carbocycles. The molecule has 0 atom stereocenters. The third kappa shape index (κ3) is 5.70. The average Bonchev–Trinajstić information content (AvgIpc) is 2.48. The van der Waals surface area contributed by atoms with Crippen molar-refractivity contribution in [2.24, 2.45) is 5.73 Å². The predicted octanol–water partition coefficient (Wildman–Crippen LogP) is 0.154. The lowest BCUT2D eigenvalue weighted by molar-refractivity contribution is -0.137. The molecule has 0 aliphatic heterocycles. The fraction of sp³-hybridized carbons (Fsp3) is 0.357. The van der Waals surface area contributed by atoms with Crippen LogP contribution >= 0.6 is 0 Å². The smallest absolute Gasteiger partial charge is 0.303 e. The van der Waals surface area contributed by atoms with E-state index in [0.29, 0.717) is 23.5 Å². The van der Waals surface area contributed by atoms with Crippen molar-refractivity contribution >= 4 is 17.8 Å². The molecule has 0 radical (unpaired) electrons. The van der Waals surface area contributed by atoms with E-state index in [1.807, 2.05) is 0 Å². The Morgan fingerprint density at radius 3 is 2.59 bits per heavy atom. The molecule has 0 aliphatic rings. The van der Waals surface area contributed by atoms with Gasteiger partial charge in [0.05, 0.1) is 7.11 Å². The van der Waals surface area contributed by atoms with Crippen LogP contribution in [0.4, 0.5) is 0 Å². The summed E-state index contributed by atoms with van der Waals surface area (Å²) in [6, 6.07) is 4.46. The second-order valence-electron chi connectivity index (χ2n) is 4.37. The molecule has 0 unspecified atom stereocenters. The minimum atomic E-state index is -0.910. The molecule has 0 aromatic heterocycles. The van der Waals surface area contributed by atoms with Crippen LogP contribution in [0, 0.1) is 0 Å². The summed E-state index contributed by atoms with van der Waals surface area (Å²) in [6.45, 7) is -0.0372. The summed E-state index contributed by atoms with van der Waals surface area (Å²) in [5, 5.41) is 11.1. The molecule has 8 heteroatoms. The molecule has 22 heavy (non-hydrogen) atoms. The van der Waals surface area contributed by atoms with E-state index in [0.717, 1.165) is 0 Å². The van der Waals surface area contributed by atoms with Crippen molar-refractivity contribution in [1.82, 2.24) is 5.32 Å². The molecule has 1 rings (SSSR count). The van der Waals surface area contributed by atoms with Gasteiger partial charge in [0, 0.05) is 18.5 Å². The molecular weight excluding hydrogens is 292 g/mol. The number of methoxy groups -OCH3 is 1. The minimum Gasteiger partial charge on any atom is -0.493 e. The van der Waals surface area contributed by atoms with Crippen LogP contribution in [-0.2, 0) is 9.59 Å². The number of carbonyl (C=O) groups excluding carboxylic acids is 2. The predicted molar refractivity (Wildman–Crippen MR) is 76.9 cm³/mol. The monoisotopic (exact) mass is 310 g/mol. The Bertz CT molecular complexity index is 558. The average molecular weight is 310 g/mol. The number of aliphatic carboxylic acids is 1. The summed E-state index contributed by atoms with van der Waals surface area (Å²) in [4.78, 5) is 33.0. The summed E-state index contributed by atoms with van der Waals surface area (Å²) in [5.41, 5.74) is 5.32. The van der Waals surface area contributed by atoms with E-state index in [-0.39, 0.29) is 25.5 Å². The zero-order valence-corrected chi connectivity index (χ0v) is 12.1. The third-order valence-corrected chi connectivity index (χ3v) is 2.65. The molecule has 1 aromatic rings. The number of primary amides is 1. The fourth-order valence-corrected chi connectivity index (χ4v) is 1.62. The molecule has 120 valence electrons. The SMILES string of the molecule is COc1cc(C(=O)NCCCC(=O)O)ccc1OCC(N)=O. The zero-order valence-electron chi connectivity index (χ0n) is 12.1. The molecule has 0 fully saturated rings. The van der Waals surface area contributed by atoms with Crippen LogP contribution in [0.3, 0.4) is 0 Å². The van der Waals surface area contributed by atoms with Crippen LogP contribution in [-0.4, -0.2) is 43.2 Å². The molecule has 2 amide bonds. The minimum absolute atomic E-state index is 0.0104. The van der Waals surface area contributed by atoms with Gasteiger partial charge in [-0.1, -0.05) is 0 Å². The van der Waals surface area contributed by atoms with E-state index in [1.165, 1.54) is 25.3 Å². The number of carboxylic acid groups (broad SMARTS) is 1. The first-order valence-corrected chi connectivity index (χ1v) is 6.53.